The molecule has 0 saturated heterocycles. The van der Waals surface area contributed by atoms with Crippen molar-refractivity contribution < 1.29 is 14.7 Å². The van der Waals surface area contributed by atoms with Crippen LogP contribution < -0.4 is 5.73 Å². The Balaban J connectivity index is 2.68. The Labute approximate surface area is 127 Å². The van der Waals surface area contributed by atoms with E-state index in [2.05, 4.69) is 31.9 Å². The van der Waals surface area contributed by atoms with Crippen LogP contribution in [0.4, 0.5) is 0 Å². The predicted octanol–water partition coefficient (Wildman–Crippen LogP) is 3.80. The lowest BCUT2D eigenvalue weighted by molar-refractivity contribution is 0.0698. The zero-order chi connectivity index (χ0) is 13.4. The van der Waals surface area contributed by atoms with Gasteiger partial charge in [-0.25, -0.2) is 4.79 Å². The number of carboxylic acids is 1. The zero-order valence-electron chi connectivity index (χ0n) is 8.57. The third kappa shape index (κ3) is 2.51. The summed E-state index contributed by atoms with van der Waals surface area (Å²) in [6.45, 7) is 0. The van der Waals surface area contributed by atoms with E-state index in [0.717, 1.165) is 3.79 Å². The maximum Gasteiger partial charge on any atom is 0.337 e. The van der Waals surface area contributed by atoms with Crippen molar-refractivity contribution >= 4 is 66.4 Å². The molecule has 2 rings (SSSR count). The molecule has 4 nitrogen and oxygen atoms in total. The Kier molecular flexibility index (Phi) is 3.90. The van der Waals surface area contributed by atoms with Gasteiger partial charge >= 0.3 is 5.97 Å². The number of hydrogen-bond acceptors (Lipinski definition) is 4. The molecule has 94 valence electrons. The molecule has 2 heterocycles. The number of hydrogen-bond donors (Lipinski definition) is 2. The fourth-order valence-electron chi connectivity index (χ4n) is 1.40. The van der Waals surface area contributed by atoms with Gasteiger partial charge in [0.1, 0.15) is 0 Å². The first-order chi connectivity index (χ1) is 8.40. The van der Waals surface area contributed by atoms with E-state index in [1.807, 2.05) is 0 Å². The fraction of sp³-hybridized carbons (Fsp3) is 0. The number of carboxylic acid groups (broad SMARTS) is 1. The molecule has 0 fully saturated rings. The van der Waals surface area contributed by atoms with E-state index < -0.39 is 11.9 Å². The standard InChI is InChI=1S/C10H5Br2NO3S2/c11-5-1-3(9(13)14)7(17-5)8-4(10(15)16)2-6(12)18-8/h1-2H,(H2,13,14)(H,15,16). The van der Waals surface area contributed by atoms with Crippen LogP contribution in [0.15, 0.2) is 19.7 Å². The molecule has 8 heteroatoms. The fourth-order valence-corrected chi connectivity index (χ4v) is 4.75. The van der Waals surface area contributed by atoms with Crippen molar-refractivity contribution in [1.29, 1.82) is 0 Å². The van der Waals surface area contributed by atoms with Gasteiger partial charge in [-0.15, -0.1) is 22.7 Å². The van der Waals surface area contributed by atoms with Crippen molar-refractivity contribution in [3.05, 3.63) is 30.8 Å². The van der Waals surface area contributed by atoms with Gasteiger partial charge in [-0.2, -0.15) is 0 Å². The van der Waals surface area contributed by atoms with Crippen LogP contribution in [0.2, 0.25) is 0 Å². The Bertz CT molecular complexity index is 591. The average Bonchev–Trinajstić information content (AvgIpc) is 2.81. The van der Waals surface area contributed by atoms with Crippen molar-refractivity contribution in [1.82, 2.24) is 0 Å². The lowest BCUT2D eigenvalue weighted by Gasteiger charge is -1.99. The first-order valence-electron chi connectivity index (χ1n) is 4.52. The number of nitrogens with two attached hydrogens (primary N) is 1. The van der Waals surface area contributed by atoms with Gasteiger partial charge in [0, 0.05) is 0 Å². The molecule has 2 aromatic heterocycles. The maximum absolute atomic E-state index is 11.3. The first kappa shape index (κ1) is 13.7. The molecular formula is C10H5Br2NO3S2. The van der Waals surface area contributed by atoms with Crippen molar-refractivity contribution in [3.63, 3.8) is 0 Å². The molecule has 2 aromatic rings. The third-order valence-electron chi connectivity index (χ3n) is 2.11. The Morgan fingerprint density at radius 1 is 1.06 bits per heavy atom. The van der Waals surface area contributed by atoms with E-state index in [1.165, 1.54) is 28.7 Å². The van der Waals surface area contributed by atoms with Crippen molar-refractivity contribution in [2.75, 3.05) is 0 Å². The molecule has 0 aliphatic carbocycles. The normalized spacial score (nSPS) is 10.6. The maximum atomic E-state index is 11.3. The summed E-state index contributed by atoms with van der Waals surface area (Å²) in [6, 6.07) is 3.11. The van der Waals surface area contributed by atoms with E-state index in [0.29, 0.717) is 19.1 Å². The van der Waals surface area contributed by atoms with E-state index in [1.54, 1.807) is 6.07 Å². The summed E-state index contributed by atoms with van der Waals surface area (Å²) in [5.74, 6) is -1.61. The number of carbonyl (C=O) groups is 2. The Morgan fingerprint density at radius 3 is 1.94 bits per heavy atom. The summed E-state index contributed by atoms with van der Waals surface area (Å²) in [5.41, 5.74) is 5.77. The summed E-state index contributed by atoms with van der Waals surface area (Å²) < 4.78 is 1.42. The highest BCUT2D eigenvalue weighted by molar-refractivity contribution is 9.11. The second kappa shape index (κ2) is 5.12. The van der Waals surface area contributed by atoms with Crippen LogP contribution in [-0.4, -0.2) is 17.0 Å². The number of rotatable bonds is 3. The summed E-state index contributed by atoms with van der Waals surface area (Å²) in [5, 5.41) is 9.14. The minimum absolute atomic E-state index is 0.156. The van der Waals surface area contributed by atoms with Gasteiger partial charge in [0.05, 0.1) is 28.5 Å². The molecule has 0 atom stereocenters. The van der Waals surface area contributed by atoms with Gasteiger partial charge in [-0.3, -0.25) is 4.79 Å². The van der Waals surface area contributed by atoms with Crippen molar-refractivity contribution in [2.45, 2.75) is 0 Å². The summed E-state index contributed by atoms with van der Waals surface area (Å²) in [7, 11) is 0. The number of carbonyl (C=O) groups excluding carboxylic acids is 1. The van der Waals surface area contributed by atoms with Gasteiger partial charge < -0.3 is 10.8 Å². The molecular weight excluding hydrogens is 406 g/mol. The van der Waals surface area contributed by atoms with E-state index in [-0.39, 0.29) is 5.56 Å². The number of aromatic carboxylic acids is 1. The minimum Gasteiger partial charge on any atom is -0.478 e. The number of amides is 1. The van der Waals surface area contributed by atoms with E-state index in [4.69, 9.17) is 10.8 Å². The van der Waals surface area contributed by atoms with Crippen LogP contribution in [0.25, 0.3) is 9.75 Å². The molecule has 0 radical (unpaired) electrons. The highest BCUT2D eigenvalue weighted by Gasteiger charge is 2.22. The van der Waals surface area contributed by atoms with Gasteiger partial charge in [-0.05, 0) is 44.0 Å². The topological polar surface area (TPSA) is 80.4 Å². The number of primary amides is 1. The Hall–Kier alpha value is -0.700. The van der Waals surface area contributed by atoms with Crippen LogP contribution >= 0.6 is 54.5 Å². The predicted molar refractivity (Wildman–Crippen MR) is 78.5 cm³/mol. The third-order valence-corrected chi connectivity index (χ3v) is 5.55. The zero-order valence-corrected chi connectivity index (χ0v) is 13.4. The Morgan fingerprint density at radius 2 is 1.50 bits per heavy atom. The van der Waals surface area contributed by atoms with E-state index in [9.17, 15) is 9.59 Å². The second-order valence-corrected chi connectivity index (χ2v) is 8.12. The van der Waals surface area contributed by atoms with Gasteiger partial charge in [0.25, 0.3) is 0 Å². The van der Waals surface area contributed by atoms with E-state index >= 15 is 0 Å². The summed E-state index contributed by atoms with van der Waals surface area (Å²) in [4.78, 5) is 23.6. The first-order valence-corrected chi connectivity index (χ1v) is 7.74. The molecule has 0 aromatic carbocycles. The highest BCUT2D eigenvalue weighted by atomic mass is 79.9. The summed E-state index contributed by atoms with van der Waals surface area (Å²) in [6.07, 6.45) is 0. The smallest absolute Gasteiger partial charge is 0.337 e. The molecule has 0 spiro atoms. The van der Waals surface area contributed by atoms with Gasteiger partial charge in [0.15, 0.2) is 0 Å². The largest absolute Gasteiger partial charge is 0.478 e. The van der Waals surface area contributed by atoms with Crippen LogP contribution in [0.3, 0.4) is 0 Å². The van der Waals surface area contributed by atoms with Crippen LogP contribution in [-0.2, 0) is 0 Å². The molecule has 0 aliphatic rings. The van der Waals surface area contributed by atoms with Gasteiger partial charge in [-0.1, -0.05) is 0 Å². The van der Waals surface area contributed by atoms with Crippen LogP contribution in [0.1, 0.15) is 20.7 Å². The average molecular weight is 411 g/mol. The highest BCUT2D eigenvalue weighted by Crippen LogP contribution is 2.42. The molecule has 0 bridgehead atoms. The van der Waals surface area contributed by atoms with Crippen LogP contribution in [0, 0.1) is 0 Å². The monoisotopic (exact) mass is 409 g/mol. The molecule has 0 saturated carbocycles. The number of thiophene rings is 2. The van der Waals surface area contributed by atoms with Crippen molar-refractivity contribution in [3.8, 4) is 9.75 Å². The minimum atomic E-state index is -1.04. The quantitative estimate of drug-likeness (QED) is 0.807. The molecule has 0 unspecified atom stereocenters. The molecule has 3 N–H and O–H groups in total. The van der Waals surface area contributed by atoms with Crippen LogP contribution in [0.5, 0.6) is 0 Å². The van der Waals surface area contributed by atoms with Crippen molar-refractivity contribution in [2.24, 2.45) is 5.73 Å². The number of halogens is 2. The second-order valence-electron chi connectivity index (χ2n) is 3.26. The molecule has 18 heavy (non-hydrogen) atoms. The lowest BCUT2D eigenvalue weighted by Crippen LogP contribution is -2.10. The molecule has 0 aliphatic heterocycles. The SMILES string of the molecule is NC(=O)c1cc(Br)sc1-c1sc(Br)cc1C(=O)O. The molecule has 1 amide bonds. The lowest BCUT2D eigenvalue weighted by atomic mass is 10.1. The summed E-state index contributed by atoms with van der Waals surface area (Å²) >= 11 is 9.06. The van der Waals surface area contributed by atoms with Gasteiger partial charge in [0.2, 0.25) is 5.91 Å².